The number of hydrogen-bond donors (Lipinski definition) is 1. The molecular weight excluding hydrogens is 324 g/mol. The van der Waals surface area contributed by atoms with E-state index in [1.165, 1.54) is 37.9 Å². The monoisotopic (exact) mass is 352 g/mol. The lowest BCUT2D eigenvalue weighted by Gasteiger charge is -2.26. The predicted molar refractivity (Wildman–Crippen MR) is 106 cm³/mol. The predicted octanol–water partition coefficient (Wildman–Crippen LogP) is 4.71. The first-order chi connectivity index (χ1) is 12.6. The highest BCUT2D eigenvalue weighted by Gasteiger charge is 2.13. The first kappa shape index (κ1) is 18.5. The number of piperidine rings is 1. The molecule has 0 radical (unpaired) electrons. The summed E-state index contributed by atoms with van der Waals surface area (Å²) in [6, 6.07) is 15.5. The zero-order valence-corrected chi connectivity index (χ0v) is 15.7. The molecule has 1 amide bonds. The molecule has 2 aromatic rings. The van der Waals surface area contributed by atoms with Gasteiger partial charge in [0.2, 0.25) is 0 Å². The van der Waals surface area contributed by atoms with Crippen LogP contribution in [0.5, 0.6) is 5.75 Å². The van der Waals surface area contributed by atoms with Gasteiger partial charge in [-0.25, -0.2) is 0 Å². The van der Waals surface area contributed by atoms with Crippen molar-refractivity contribution in [1.29, 1.82) is 0 Å². The third-order valence-electron chi connectivity index (χ3n) is 4.57. The topological polar surface area (TPSA) is 41.6 Å². The third-order valence-corrected chi connectivity index (χ3v) is 4.57. The van der Waals surface area contributed by atoms with Crippen molar-refractivity contribution in [3.8, 4) is 5.75 Å². The van der Waals surface area contributed by atoms with E-state index >= 15 is 0 Å². The summed E-state index contributed by atoms with van der Waals surface area (Å²) < 4.78 is 5.77. The molecule has 1 heterocycles. The zero-order chi connectivity index (χ0) is 18.4. The van der Waals surface area contributed by atoms with Crippen LogP contribution in [-0.2, 0) is 6.54 Å². The second-order valence-corrected chi connectivity index (χ2v) is 7.15. The molecule has 1 aliphatic heterocycles. The van der Waals surface area contributed by atoms with E-state index in [1.807, 2.05) is 50.2 Å². The lowest BCUT2D eigenvalue weighted by molar-refractivity contribution is 0.102. The van der Waals surface area contributed by atoms with Gasteiger partial charge < -0.3 is 10.1 Å². The number of nitrogens with zero attached hydrogens (tertiary/aromatic N) is 1. The molecule has 0 aromatic heterocycles. The van der Waals surface area contributed by atoms with Crippen molar-refractivity contribution in [2.24, 2.45) is 0 Å². The number of anilines is 1. The van der Waals surface area contributed by atoms with Crippen LogP contribution in [0.15, 0.2) is 48.5 Å². The minimum absolute atomic E-state index is 0.0575. The number of amides is 1. The molecule has 4 nitrogen and oxygen atoms in total. The highest BCUT2D eigenvalue weighted by molar-refractivity contribution is 6.05. The maximum atomic E-state index is 12.6. The van der Waals surface area contributed by atoms with Gasteiger partial charge in [0.25, 0.3) is 5.91 Å². The molecule has 0 aliphatic carbocycles. The maximum absolute atomic E-state index is 12.6. The zero-order valence-electron chi connectivity index (χ0n) is 15.7. The van der Waals surface area contributed by atoms with Crippen LogP contribution in [0.25, 0.3) is 0 Å². The molecule has 4 heteroatoms. The summed E-state index contributed by atoms with van der Waals surface area (Å²) in [5.41, 5.74) is 2.61. The molecule has 0 bridgehead atoms. The Kier molecular flexibility index (Phi) is 6.29. The summed E-state index contributed by atoms with van der Waals surface area (Å²) in [5.74, 6) is 0.576. The second-order valence-electron chi connectivity index (χ2n) is 7.15. The fourth-order valence-electron chi connectivity index (χ4n) is 3.26. The smallest absolute Gasteiger partial charge is 0.255 e. The van der Waals surface area contributed by atoms with Gasteiger partial charge in [0, 0.05) is 12.1 Å². The van der Waals surface area contributed by atoms with Gasteiger partial charge in [0.1, 0.15) is 5.75 Å². The van der Waals surface area contributed by atoms with Crippen molar-refractivity contribution in [2.45, 2.75) is 45.8 Å². The highest BCUT2D eigenvalue weighted by Crippen LogP contribution is 2.25. The molecular formula is C22H28N2O2. The fourth-order valence-corrected chi connectivity index (χ4v) is 3.26. The van der Waals surface area contributed by atoms with Crippen LogP contribution in [0.2, 0.25) is 0 Å². The van der Waals surface area contributed by atoms with Crippen LogP contribution < -0.4 is 10.1 Å². The molecule has 0 saturated carbocycles. The van der Waals surface area contributed by atoms with Crippen molar-refractivity contribution < 1.29 is 9.53 Å². The van der Waals surface area contributed by atoms with Gasteiger partial charge in [0.15, 0.2) is 0 Å². The first-order valence-corrected chi connectivity index (χ1v) is 9.50. The summed E-state index contributed by atoms with van der Waals surface area (Å²) in [5, 5.41) is 2.96. The molecule has 1 aliphatic rings. The fraction of sp³-hybridized carbons (Fsp3) is 0.409. The molecule has 1 saturated heterocycles. The van der Waals surface area contributed by atoms with E-state index in [0.717, 1.165) is 6.54 Å². The average Bonchev–Trinajstić information content (AvgIpc) is 2.64. The van der Waals surface area contributed by atoms with Crippen molar-refractivity contribution in [1.82, 2.24) is 4.90 Å². The molecule has 2 aromatic carbocycles. The minimum Gasteiger partial charge on any atom is -0.489 e. The van der Waals surface area contributed by atoms with Crippen molar-refractivity contribution in [3.05, 3.63) is 59.7 Å². The van der Waals surface area contributed by atoms with Gasteiger partial charge in [-0.1, -0.05) is 30.7 Å². The van der Waals surface area contributed by atoms with E-state index in [2.05, 4.69) is 22.3 Å². The molecule has 0 atom stereocenters. The maximum Gasteiger partial charge on any atom is 0.255 e. The molecule has 138 valence electrons. The molecule has 0 unspecified atom stereocenters. The van der Waals surface area contributed by atoms with Crippen LogP contribution in [-0.4, -0.2) is 30.0 Å². The number of carbonyl (C=O) groups excluding carboxylic acids is 1. The Balaban J connectivity index is 1.63. The van der Waals surface area contributed by atoms with Crippen LogP contribution in [0, 0.1) is 0 Å². The Morgan fingerprint density at radius 1 is 1.04 bits per heavy atom. The number of benzene rings is 2. The number of carbonyl (C=O) groups is 1. The summed E-state index contributed by atoms with van der Waals surface area (Å²) in [7, 11) is 0. The van der Waals surface area contributed by atoms with Gasteiger partial charge in [0.05, 0.1) is 11.8 Å². The Hall–Kier alpha value is -2.33. The summed E-state index contributed by atoms with van der Waals surface area (Å²) in [6.07, 6.45) is 3.98. The average molecular weight is 352 g/mol. The van der Waals surface area contributed by atoms with Crippen molar-refractivity contribution in [2.75, 3.05) is 18.4 Å². The summed E-state index contributed by atoms with van der Waals surface area (Å²) in [4.78, 5) is 15.1. The lowest BCUT2D eigenvalue weighted by Crippen LogP contribution is -2.29. The number of rotatable bonds is 6. The van der Waals surface area contributed by atoms with Crippen LogP contribution >= 0.6 is 0 Å². The Labute approximate surface area is 156 Å². The number of likely N-dealkylation sites (tertiary alicyclic amines) is 1. The van der Waals surface area contributed by atoms with Crippen LogP contribution in [0.3, 0.4) is 0 Å². The number of nitrogens with one attached hydrogen (secondary N) is 1. The number of para-hydroxylation sites is 2. The number of ether oxygens (including phenoxy) is 1. The molecule has 1 N–H and O–H groups in total. The van der Waals surface area contributed by atoms with Crippen molar-refractivity contribution >= 4 is 11.6 Å². The van der Waals surface area contributed by atoms with E-state index in [4.69, 9.17) is 4.74 Å². The van der Waals surface area contributed by atoms with E-state index in [1.54, 1.807) is 0 Å². The van der Waals surface area contributed by atoms with E-state index in [-0.39, 0.29) is 12.0 Å². The van der Waals surface area contributed by atoms with Gasteiger partial charge in [-0.15, -0.1) is 0 Å². The van der Waals surface area contributed by atoms with Crippen LogP contribution in [0.4, 0.5) is 5.69 Å². The Morgan fingerprint density at radius 2 is 1.73 bits per heavy atom. The standard InChI is InChI=1S/C22H28N2O2/c1-17(2)26-21-9-5-4-8-20(21)23-22(25)19-12-10-18(11-13-19)16-24-14-6-3-7-15-24/h4-5,8-13,17H,3,6-7,14-16H2,1-2H3,(H,23,25). The SMILES string of the molecule is CC(C)Oc1ccccc1NC(=O)c1ccc(CN2CCCCC2)cc1. The highest BCUT2D eigenvalue weighted by atomic mass is 16.5. The van der Waals surface area contributed by atoms with Gasteiger partial charge in [-0.05, 0) is 69.6 Å². The summed E-state index contributed by atoms with van der Waals surface area (Å²) in [6.45, 7) is 7.26. The molecule has 3 rings (SSSR count). The second kappa shape index (κ2) is 8.86. The normalized spacial score (nSPS) is 15.0. The number of hydrogen-bond acceptors (Lipinski definition) is 3. The van der Waals surface area contributed by atoms with Gasteiger partial charge >= 0.3 is 0 Å². The van der Waals surface area contributed by atoms with E-state index in [0.29, 0.717) is 17.0 Å². The molecule has 1 fully saturated rings. The van der Waals surface area contributed by atoms with Crippen molar-refractivity contribution in [3.63, 3.8) is 0 Å². The lowest BCUT2D eigenvalue weighted by atomic mass is 10.1. The van der Waals surface area contributed by atoms with Crippen LogP contribution in [0.1, 0.15) is 49.0 Å². The third kappa shape index (κ3) is 5.09. The van der Waals surface area contributed by atoms with E-state index < -0.39 is 0 Å². The Bertz CT molecular complexity index is 719. The Morgan fingerprint density at radius 3 is 2.42 bits per heavy atom. The molecule has 26 heavy (non-hydrogen) atoms. The summed E-state index contributed by atoms with van der Waals surface area (Å²) >= 11 is 0. The van der Waals surface area contributed by atoms with Gasteiger partial charge in [-0.2, -0.15) is 0 Å². The van der Waals surface area contributed by atoms with E-state index in [9.17, 15) is 4.79 Å². The quantitative estimate of drug-likeness (QED) is 0.818. The molecule has 0 spiro atoms. The van der Waals surface area contributed by atoms with Gasteiger partial charge in [-0.3, -0.25) is 9.69 Å². The first-order valence-electron chi connectivity index (χ1n) is 9.50. The largest absolute Gasteiger partial charge is 0.489 e. The minimum atomic E-state index is -0.116.